The topological polar surface area (TPSA) is 63.6 Å². The molecule has 1 aliphatic carbocycles. The molecule has 0 aromatic rings. The highest BCUT2D eigenvalue weighted by Crippen LogP contribution is 2.21. The van der Waals surface area contributed by atoms with Crippen LogP contribution in [0, 0.1) is 11.8 Å². The number of ether oxygens (including phenoxy) is 1. The van der Waals surface area contributed by atoms with Gasteiger partial charge in [0.25, 0.3) is 0 Å². The summed E-state index contributed by atoms with van der Waals surface area (Å²) in [5.41, 5.74) is 0. The molecule has 0 aliphatic heterocycles. The zero-order chi connectivity index (χ0) is 11.4. The van der Waals surface area contributed by atoms with Gasteiger partial charge in [-0.1, -0.05) is 24.3 Å². The van der Waals surface area contributed by atoms with Crippen molar-refractivity contribution in [1.29, 1.82) is 0 Å². The molecule has 2 atom stereocenters. The summed E-state index contributed by atoms with van der Waals surface area (Å²) < 4.78 is 4.98. The average molecular weight is 210 g/mol. The Hall–Kier alpha value is -1.58. The van der Waals surface area contributed by atoms with E-state index >= 15 is 0 Å². The first kappa shape index (κ1) is 11.5. The van der Waals surface area contributed by atoms with E-state index in [-0.39, 0.29) is 6.10 Å². The molecule has 82 valence electrons. The highest BCUT2D eigenvalue weighted by Gasteiger charge is 2.32. The second kappa shape index (κ2) is 4.77. The van der Waals surface area contributed by atoms with E-state index in [0.29, 0.717) is 0 Å². The van der Waals surface area contributed by atoms with E-state index in [9.17, 15) is 9.59 Å². The summed E-state index contributed by atoms with van der Waals surface area (Å²) in [6.07, 6.45) is 6.10. The van der Waals surface area contributed by atoms with Crippen LogP contribution in [0.2, 0.25) is 0 Å². The summed E-state index contributed by atoms with van der Waals surface area (Å²) in [7, 11) is 0. The monoisotopic (exact) mass is 210 g/mol. The molecule has 0 bridgehead atoms. The quantitative estimate of drug-likeness (QED) is 0.715. The van der Waals surface area contributed by atoms with Crippen LogP contribution in [0.5, 0.6) is 0 Å². The highest BCUT2D eigenvalue weighted by atomic mass is 16.5. The number of carbonyl (C=O) groups is 2. The molecule has 0 fully saturated rings. The molecule has 0 saturated carbocycles. The summed E-state index contributed by atoms with van der Waals surface area (Å²) in [4.78, 5) is 22.4. The number of rotatable bonds is 3. The fourth-order valence-electron chi connectivity index (χ4n) is 1.38. The summed E-state index contributed by atoms with van der Waals surface area (Å²) in [5.74, 6) is -3.03. The van der Waals surface area contributed by atoms with E-state index < -0.39 is 23.8 Å². The summed E-state index contributed by atoms with van der Waals surface area (Å²) in [6, 6.07) is 0. The highest BCUT2D eigenvalue weighted by molar-refractivity contribution is 5.84. The van der Waals surface area contributed by atoms with E-state index in [1.807, 2.05) is 0 Å². The van der Waals surface area contributed by atoms with Crippen LogP contribution in [0.15, 0.2) is 24.3 Å². The van der Waals surface area contributed by atoms with Crippen LogP contribution < -0.4 is 0 Å². The van der Waals surface area contributed by atoms with E-state index in [4.69, 9.17) is 9.84 Å². The van der Waals surface area contributed by atoms with Gasteiger partial charge in [0, 0.05) is 0 Å². The first-order valence-electron chi connectivity index (χ1n) is 4.80. The molecule has 0 radical (unpaired) electrons. The molecule has 1 N–H and O–H groups in total. The van der Waals surface area contributed by atoms with Crippen molar-refractivity contribution in [2.75, 3.05) is 0 Å². The predicted molar refractivity (Wildman–Crippen MR) is 54.1 cm³/mol. The second-order valence-corrected chi connectivity index (χ2v) is 3.65. The van der Waals surface area contributed by atoms with Crippen molar-refractivity contribution in [1.82, 2.24) is 0 Å². The molecule has 1 rings (SSSR count). The Bertz CT molecular complexity index is 315. The molecule has 0 saturated heterocycles. The number of carboxylic acids is 1. The summed E-state index contributed by atoms with van der Waals surface area (Å²) >= 11 is 0. The third kappa shape index (κ3) is 2.94. The molecule has 0 aromatic heterocycles. The number of esters is 1. The van der Waals surface area contributed by atoms with E-state index in [1.165, 1.54) is 6.08 Å². The zero-order valence-electron chi connectivity index (χ0n) is 8.71. The van der Waals surface area contributed by atoms with Gasteiger partial charge in [-0.15, -0.1) is 0 Å². The van der Waals surface area contributed by atoms with Gasteiger partial charge in [0.1, 0.15) is 0 Å². The van der Waals surface area contributed by atoms with Gasteiger partial charge in [0.05, 0.1) is 17.9 Å². The normalized spacial score (nSPS) is 24.2. The number of carbonyl (C=O) groups excluding carboxylic acids is 1. The average Bonchev–Trinajstić information content (AvgIpc) is 2.16. The van der Waals surface area contributed by atoms with Crippen LogP contribution in [0.25, 0.3) is 0 Å². The van der Waals surface area contributed by atoms with Crippen LogP contribution in [0.1, 0.15) is 13.8 Å². The maximum Gasteiger partial charge on any atom is 0.314 e. The molecule has 0 amide bonds. The number of allylic oxidation sites excluding steroid dienone is 2. The lowest BCUT2D eigenvalue weighted by Gasteiger charge is -2.20. The van der Waals surface area contributed by atoms with E-state index in [0.717, 1.165) is 0 Å². The fourth-order valence-corrected chi connectivity index (χ4v) is 1.38. The summed E-state index contributed by atoms with van der Waals surface area (Å²) in [5, 5.41) is 8.90. The Labute approximate surface area is 88.2 Å². The number of carboxylic acid groups (broad SMARTS) is 1. The second-order valence-electron chi connectivity index (χ2n) is 3.65. The van der Waals surface area contributed by atoms with Gasteiger partial charge >= 0.3 is 11.9 Å². The van der Waals surface area contributed by atoms with Crippen molar-refractivity contribution in [2.45, 2.75) is 20.0 Å². The molecule has 2 unspecified atom stereocenters. The van der Waals surface area contributed by atoms with Crippen LogP contribution >= 0.6 is 0 Å². The van der Waals surface area contributed by atoms with Crippen LogP contribution in [0.4, 0.5) is 0 Å². The van der Waals surface area contributed by atoms with E-state index in [2.05, 4.69) is 0 Å². The lowest BCUT2D eigenvalue weighted by atomic mass is 9.88. The first-order chi connectivity index (χ1) is 7.02. The van der Waals surface area contributed by atoms with Crippen LogP contribution in [-0.2, 0) is 14.3 Å². The lowest BCUT2D eigenvalue weighted by molar-refractivity contribution is -0.156. The Kier molecular flexibility index (Phi) is 3.66. The molecule has 0 spiro atoms. The predicted octanol–water partition coefficient (Wildman–Crippen LogP) is 1.38. The Morgan fingerprint density at radius 2 is 1.73 bits per heavy atom. The molecular formula is C11H14O4. The fraction of sp³-hybridized carbons (Fsp3) is 0.455. The maximum absolute atomic E-state index is 11.6. The number of hydrogen-bond donors (Lipinski definition) is 1. The third-order valence-electron chi connectivity index (χ3n) is 2.04. The molecule has 15 heavy (non-hydrogen) atoms. The van der Waals surface area contributed by atoms with Gasteiger partial charge in [-0.05, 0) is 13.8 Å². The Balaban J connectivity index is 2.74. The van der Waals surface area contributed by atoms with Crippen molar-refractivity contribution < 1.29 is 19.4 Å². The maximum atomic E-state index is 11.6. The molecule has 0 aromatic carbocycles. The molecule has 0 heterocycles. The van der Waals surface area contributed by atoms with Gasteiger partial charge in [0.2, 0.25) is 0 Å². The SMILES string of the molecule is CC(C)OC(=O)C1C=CC=CC1C(=O)O. The van der Waals surface area contributed by atoms with Crippen molar-refractivity contribution >= 4 is 11.9 Å². The number of aliphatic carboxylic acids is 1. The van der Waals surface area contributed by atoms with E-state index in [1.54, 1.807) is 32.1 Å². The van der Waals surface area contributed by atoms with Gasteiger partial charge in [-0.3, -0.25) is 9.59 Å². The minimum Gasteiger partial charge on any atom is -0.481 e. The first-order valence-corrected chi connectivity index (χ1v) is 4.80. The van der Waals surface area contributed by atoms with Crippen molar-refractivity contribution in [3.8, 4) is 0 Å². The van der Waals surface area contributed by atoms with Gasteiger partial charge < -0.3 is 9.84 Å². The molecule has 1 aliphatic rings. The summed E-state index contributed by atoms with van der Waals surface area (Å²) in [6.45, 7) is 3.46. The Morgan fingerprint density at radius 3 is 2.20 bits per heavy atom. The smallest absolute Gasteiger partial charge is 0.314 e. The van der Waals surface area contributed by atoms with Crippen LogP contribution in [-0.4, -0.2) is 23.1 Å². The largest absolute Gasteiger partial charge is 0.481 e. The van der Waals surface area contributed by atoms with Crippen molar-refractivity contribution in [2.24, 2.45) is 11.8 Å². The standard InChI is InChI=1S/C11H14O4/c1-7(2)15-11(14)9-6-4-3-5-8(9)10(12)13/h3-9H,1-2H3,(H,12,13). The molecular weight excluding hydrogens is 196 g/mol. The minimum absolute atomic E-state index is 0.230. The Morgan fingerprint density at radius 1 is 1.20 bits per heavy atom. The number of hydrogen-bond acceptors (Lipinski definition) is 3. The van der Waals surface area contributed by atoms with Gasteiger partial charge in [-0.2, -0.15) is 0 Å². The molecule has 4 heteroatoms. The van der Waals surface area contributed by atoms with Crippen LogP contribution in [0.3, 0.4) is 0 Å². The molecule has 4 nitrogen and oxygen atoms in total. The van der Waals surface area contributed by atoms with Gasteiger partial charge in [0.15, 0.2) is 0 Å². The van der Waals surface area contributed by atoms with Crippen molar-refractivity contribution in [3.63, 3.8) is 0 Å². The van der Waals surface area contributed by atoms with Crippen molar-refractivity contribution in [3.05, 3.63) is 24.3 Å². The minimum atomic E-state index is -1.01. The third-order valence-corrected chi connectivity index (χ3v) is 2.04. The lowest BCUT2D eigenvalue weighted by Crippen LogP contribution is -2.31. The zero-order valence-corrected chi connectivity index (χ0v) is 8.71. The van der Waals surface area contributed by atoms with Gasteiger partial charge in [-0.25, -0.2) is 0 Å².